The van der Waals surface area contributed by atoms with E-state index in [4.69, 9.17) is 27.9 Å². The van der Waals surface area contributed by atoms with Crippen LogP contribution in [0, 0.1) is 5.82 Å². The highest BCUT2D eigenvalue weighted by Crippen LogP contribution is 2.38. The van der Waals surface area contributed by atoms with E-state index in [9.17, 15) is 9.18 Å². The van der Waals surface area contributed by atoms with Gasteiger partial charge in [0.15, 0.2) is 0 Å². The Kier molecular flexibility index (Phi) is 6.69. The van der Waals surface area contributed by atoms with Crippen LogP contribution in [0.4, 0.5) is 15.9 Å². The number of ether oxygens (including phenoxy) is 1. The maximum Gasteiger partial charge on any atom is 0.254 e. The van der Waals surface area contributed by atoms with E-state index in [1.807, 2.05) is 17.0 Å². The Morgan fingerprint density at radius 1 is 1.09 bits per heavy atom. The molecule has 2 aromatic carbocycles. The number of anilines is 2. The molecule has 0 saturated carbocycles. The molecule has 0 radical (unpaired) electrons. The lowest BCUT2D eigenvalue weighted by atomic mass is 9.94. The van der Waals surface area contributed by atoms with Crippen molar-refractivity contribution in [3.05, 3.63) is 87.4 Å². The fourth-order valence-corrected chi connectivity index (χ4v) is 4.92. The molecule has 1 fully saturated rings. The minimum Gasteiger partial charge on any atom is -0.378 e. The minimum atomic E-state index is -0.496. The number of halogens is 3. The zero-order chi connectivity index (χ0) is 24.5. The van der Waals surface area contributed by atoms with Crippen LogP contribution in [0.5, 0.6) is 0 Å². The SMILES string of the molecule is COCC1=C(C(=O)N2CCN(c3ccc(F)cc3)CC2)C(c2ccc(Cl)c(Cl)c2)n2nccc2N1. The average Bonchev–Trinajstić information content (AvgIpc) is 3.34. The van der Waals surface area contributed by atoms with Crippen molar-refractivity contribution in [1.29, 1.82) is 0 Å². The highest BCUT2D eigenvalue weighted by Gasteiger charge is 2.37. The fraction of sp³-hybridized carbons (Fsp3) is 0.280. The number of nitrogens with one attached hydrogen (secondary N) is 1. The first-order valence-corrected chi connectivity index (χ1v) is 12.0. The van der Waals surface area contributed by atoms with Crippen molar-refractivity contribution in [2.45, 2.75) is 6.04 Å². The number of aromatic nitrogens is 2. The van der Waals surface area contributed by atoms with E-state index < -0.39 is 6.04 Å². The molecule has 0 spiro atoms. The summed E-state index contributed by atoms with van der Waals surface area (Å²) in [5, 5.41) is 8.66. The lowest BCUT2D eigenvalue weighted by molar-refractivity contribution is -0.128. The van der Waals surface area contributed by atoms with Gasteiger partial charge in [-0.2, -0.15) is 5.10 Å². The fourth-order valence-electron chi connectivity index (χ4n) is 4.61. The van der Waals surface area contributed by atoms with Gasteiger partial charge in [0.1, 0.15) is 17.7 Å². The summed E-state index contributed by atoms with van der Waals surface area (Å²) in [5.41, 5.74) is 2.97. The third-order valence-electron chi connectivity index (χ3n) is 6.33. The number of carbonyl (C=O) groups excluding carboxylic acids is 1. The molecule has 3 heterocycles. The highest BCUT2D eigenvalue weighted by atomic mass is 35.5. The van der Waals surface area contributed by atoms with Crippen molar-refractivity contribution in [2.75, 3.05) is 50.1 Å². The second kappa shape index (κ2) is 9.89. The van der Waals surface area contributed by atoms with Crippen molar-refractivity contribution in [3.63, 3.8) is 0 Å². The van der Waals surface area contributed by atoms with E-state index in [1.165, 1.54) is 12.1 Å². The number of nitrogens with zero attached hydrogens (tertiary/aromatic N) is 4. The molecule has 2 aliphatic heterocycles. The predicted octanol–water partition coefficient (Wildman–Crippen LogP) is 4.59. The zero-order valence-electron chi connectivity index (χ0n) is 19.0. The normalized spacial score (nSPS) is 17.9. The molecule has 5 rings (SSSR count). The van der Waals surface area contributed by atoms with Gasteiger partial charge >= 0.3 is 0 Å². The predicted molar refractivity (Wildman–Crippen MR) is 135 cm³/mol. The van der Waals surface area contributed by atoms with Crippen LogP contribution in [0.3, 0.4) is 0 Å². The smallest absolute Gasteiger partial charge is 0.254 e. The molecule has 7 nitrogen and oxygen atoms in total. The Hall–Kier alpha value is -3.07. The first-order valence-electron chi connectivity index (χ1n) is 11.2. The summed E-state index contributed by atoms with van der Waals surface area (Å²) in [4.78, 5) is 18.0. The quantitative estimate of drug-likeness (QED) is 0.538. The van der Waals surface area contributed by atoms with Gasteiger partial charge in [-0.25, -0.2) is 9.07 Å². The molecule has 1 unspecified atom stereocenters. The summed E-state index contributed by atoms with van der Waals surface area (Å²) in [6.45, 7) is 2.57. The number of fused-ring (bicyclic) bond motifs is 1. The number of amides is 1. The third-order valence-corrected chi connectivity index (χ3v) is 7.07. The number of benzene rings is 2. The third kappa shape index (κ3) is 4.61. The number of carbonyl (C=O) groups is 1. The van der Waals surface area contributed by atoms with Gasteiger partial charge in [0.05, 0.1) is 34.1 Å². The average molecular weight is 516 g/mol. The lowest BCUT2D eigenvalue weighted by Gasteiger charge is -2.39. The Morgan fingerprint density at radius 3 is 2.51 bits per heavy atom. The monoisotopic (exact) mass is 515 g/mol. The van der Waals surface area contributed by atoms with Crippen LogP contribution in [0.2, 0.25) is 10.0 Å². The standard InChI is InChI=1S/C25H24Cl2FN5O2/c1-35-15-21-23(25(34)32-12-10-31(11-13-32)18-5-3-17(28)4-6-18)24(33-22(30-21)8-9-29-33)16-2-7-19(26)20(27)14-16/h2-9,14,24,30H,10-13,15H2,1H3. The Morgan fingerprint density at radius 2 is 1.83 bits per heavy atom. The van der Waals surface area contributed by atoms with Gasteiger partial charge in [-0.15, -0.1) is 0 Å². The molecule has 10 heteroatoms. The summed E-state index contributed by atoms with van der Waals surface area (Å²) >= 11 is 12.5. The van der Waals surface area contributed by atoms with Gasteiger partial charge < -0.3 is 19.9 Å². The van der Waals surface area contributed by atoms with E-state index in [0.29, 0.717) is 47.5 Å². The number of piperazine rings is 1. The van der Waals surface area contributed by atoms with Crippen molar-refractivity contribution < 1.29 is 13.9 Å². The lowest BCUT2D eigenvalue weighted by Crippen LogP contribution is -2.50. The Bertz CT molecular complexity index is 1270. The van der Waals surface area contributed by atoms with Gasteiger partial charge in [0.2, 0.25) is 0 Å². The molecule has 1 atom stereocenters. The molecule has 1 aromatic heterocycles. The second-order valence-electron chi connectivity index (χ2n) is 8.44. The first kappa shape index (κ1) is 23.7. The van der Waals surface area contributed by atoms with Crippen LogP contribution in [0.1, 0.15) is 11.6 Å². The van der Waals surface area contributed by atoms with Crippen LogP contribution in [0.25, 0.3) is 0 Å². The molecule has 182 valence electrons. The van der Waals surface area contributed by atoms with Gasteiger partial charge in [0, 0.05) is 45.0 Å². The molecular weight excluding hydrogens is 492 g/mol. The van der Waals surface area contributed by atoms with Crippen LogP contribution in [-0.2, 0) is 9.53 Å². The molecule has 35 heavy (non-hydrogen) atoms. The van der Waals surface area contributed by atoms with Crippen molar-refractivity contribution in [2.24, 2.45) is 0 Å². The van der Waals surface area contributed by atoms with Crippen LogP contribution in [-0.4, -0.2) is 60.5 Å². The van der Waals surface area contributed by atoms with Crippen molar-refractivity contribution >= 4 is 40.6 Å². The maximum absolute atomic E-state index is 14.0. The van der Waals surface area contributed by atoms with Gasteiger partial charge in [0.25, 0.3) is 5.91 Å². The molecule has 2 aliphatic rings. The van der Waals surface area contributed by atoms with Crippen molar-refractivity contribution in [3.8, 4) is 0 Å². The number of methoxy groups -OCH3 is 1. The number of hydrogen-bond acceptors (Lipinski definition) is 5. The zero-order valence-corrected chi connectivity index (χ0v) is 20.6. The minimum absolute atomic E-state index is 0.0967. The van der Waals surface area contributed by atoms with E-state index in [0.717, 1.165) is 17.1 Å². The second-order valence-corrected chi connectivity index (χ2v) is 9.26. The summed E-state index contributed by atoms with van der Waals surface area (Å²) in [6, 6.07) is 13.1. The molecule has 0 aliphatic carbocycles. The van der Waals surface area contributed by atoms with Gasteiger partial charge in [-0.05, 0) is 42.0 Å². The van der Waals surface area contributed by atoms with Crippen LogP contribution < -0.4 is 10.2 Å². The number of rotatable bonds is 5. The summed E-state index contributed by atoms with van der Waals surface area (Å²) < 4.78 is 20.5. The summed E-state index contributed by atoms with van der Waals surface area (Å²) in [6.07, 6.45) is 1.69. The van der Waals surface area contributed by atoms with Gasteiger partial charge in [-0.1, -0.05) is 29.3 Å². The van der Waals surface area contributed by atoms with E-state index >= 15 is 0 Å². The van der Waals surface area contributed by atoms with E-state index in [-0.39, 0.29) is 18.3 Å². The Labute approximate surface area is 212 Å². The molecule has 0 bridgehead atoms. The summed E-state index contributed by atoms with van der Waals surface area (Å²) in [5.74, 6) is 0.391. The first-order chi connectivity index (χ1) is 17.0. The van der Waals surface area contributed by atoms with Crippen molar-refractivity contribution in [1.82, 2.24) is 14.7 Å². The van der Waals surface area contributed by atoms with E-state index in [1.54, 1.807) is 42.3 Å². The summed E-state index contributed by atoms with van der Waals surface area (Å²) in [7, 11) is 1.60. The topological polar surface area (TPSA) is 62.6 Å². The maximum atomic E-state index is 14.0. The highest BCUT2D eigenvalue weighted by molar-refractivity contribution is 6.42. The largest absolute Gasteiger partial charge is 0.378 e. The molecule has 1 N–H and O–H groups in total. The van der Waals surface area contributed by atoms with Gasteiger partial charge in [-0.3, -0.25) is 4.79 Å². The number of hydrogen-bond donors (Lipinski definition) is 1. The van der Waals surface area contributed by atoms with E-state index in [2.05, 4.69) is 15.3 Å². The molecule has 1 amide bonds. The van der Waals surface area contributed by atoms with Crippen LogP contribution in [0.15, 0.2) is 66.0 Å². The Balaban J connectivity index is 1.46. The van der Waals surface area contributed by atoms with Crippen LogP contribution >= 0.6 is 23.2 Å². The molecule has 3 aromatic rings. The molecule has 1 saturated heterocycles. The molecular formula is C25H24Cl2FN5O2.